The van der Waals surface area contributed by atoms with Gasteiger partial charge in [0.15, 0.2) is 5.78 Å². The maximum atomic E-state index is 12.3. The number of nitrogens with one attached hydrogen (secondary N) is 1. The van der Waals surface area contributed by atoms with E-state index in [0.29, 0.717) is 28.6 Å². The minimum Gasteiger partial charge on any atom is -0.497 e. The van der Waals surface area contributed by atoms with E-state index in [-0.39, 0.29) is 36.8 Å². The van der Waals surface area contributed by atoms with Crippen molar-refractivity contribution in [2.24, 2.45) is 0 Å². The number of ether oxygens (including phenoxy) is 1. The van der Waals surface area contributed by atoms with Crippen molar-refractivity contribution in [2.45, 2.75) is 19.4 Å². The summed E-state index contributed by atoms with van der Waals surface area (Å²) in [5, 5.41) is 11.0. The van der Waals surface area contributed by atoms with Crippen LogP contribution in [0.1, 0.15) is 23.2 Å². The second-order valence-electron chi connectivity index (χ2n) is 6.17. The summed E-state index contributed by atoms with van der Waals surface area (Å²) in [7, 11) is 1.55. The Kier molecular flexibility index (Phi) is 6.11. The van der Waals surface area contributed by atoms with Crippen molar-refractivity contribution in [2.75, 3.05) is 13.7 Å². The number of Topliss-reactive ketones (excluding diaryl/α,β-unsaturated/α-hetero) is 1. The molecule has 0 fully saturated rings. The molecule has 3 aromatic rings. The highest BCUT2D eigenvalue weighted by atomic mass is 16.5. The Hall–Kier alpha value is -3.55. The van der Waals surface area contributed by atoms with E-state index in [9.17, 15) is 14.4 Å². The number of fused-ring (bicyclic) bond motifs is 1. The van der Waals surface area contributed by atoms with Gasteiger partial charge in [-0.25, -0.2) is 4.68 Å². The molecule has 144 valence electrons. The van der Waals surface area contributed by atoms with E-state index in [2.05, 4.69) is 15.6 Å². The van der Waals surface area contributed by atoms with Crippen molar-refractivity contribution in [1.82, 2.24) is 20.3 Å². The lowest BCUT2D eigenvalue weighted by atomic mass is 10.1. The van der Waals surface area contributed by atoms with Crippen LogP contribution in [0.3, 0.4) is 0 Å². The summed E-state index contributed by atoms with van der Waals surface area (Å²) < 4.78 is 6.29. The molecule has 0 aliphatic rings. The number of hydrogen-bond donors (Lipinski definition) is 1. The smallest absolute Gasteiger partial charge is 0.277 e. The third kappa shape index (κ3) is 4.59. The molecule has 8 heteroatoms. The molecule has 0 aliphatic heterocycles. The summed E-state index contributed by atoms with van der Waals surface area (Å²) in [6.07, 6.45) is 0.590. The number of amides is 1. The summed E-state index contributed by atoms with van der Waals surface area (Å²) in [4.78, 5) is 36.4. The molecular formula is C20H20N4O4. The number of aryl methyl sites for hydroxylation is 1. The average molecular weight is 380 g/mol. The molecule has 8 nitrogen and oxygen atoms in total. The van der Waals surface area contributed by atoms with Gasteiger partial charge in [-0.3, -0.25) is 14.4 Å². The van der Waals surface area contributed by atoms with Gasteiger partial charge in [0.25, 0.3) is 5.56 Å². The molecule has 0 spiro atoms. The van der Waals surface area contributed by atoms with Crippen molar-refractivity contribution in [3.05, 3.63) is 64.4 Å². The Morgan fingerprint density at radius 1 is 1.11 bits per heavy atom. The maximum Gasteiger partial charge on any atom is 0.277 e. The first kappa shape index (κ1) is 19.2. The highest BCUT2D eigenvalue weighted by Gasteiger charge is 2.10. The van der Waals surface area contributed by atoms with Crippen LogP contribution in [-0.4, -0.2) is 40.3 Å². The minimum absolute atomic E-state index is 0.0824. The highest BCUT2D eigenvalue weighted by Crippen LogP contribution is 2.11. The zero-order valence-corrected chi connectivity index (χ0v) is 15.4. The third-order valence-corrected chi connectivity index (χ3v) is 4.26. The summed E-state index contributed by atoms with van der Waals surface area (Å²) in [6.45, 7) is 0.192. The molecule has 1 amide bonds. The number of carbonyl (C=O) groups is 2. The fraction of sp³-hybridized carbons (Fsp3) is 0.250. The van der Waals surface area contributed by atoms with E-state index < -0.39 is 0 Å². The quantitative estimate of drug-likeness (QED) is 0.595. The normalized spacial score (nSPS) is 10.6. The van der Waals surface area contributed by atoms with E-state index in [0.717, 1.165) is 0 Å². The monoisotopic (exact) mass is 380 g/mol. The summed E-state index contributed by atoms with van der Waals surface area (Å²) >= 11 is 0. The van der Waals surface area contributed by atoms with Crippen LogP contribution in [0.5, 0.6) is 5.75 Å². The summed E-state index contributed by atoms with van der Waals surface area (Å²) in [5.41, 5.74) is 0.804. The van der Waals surface area contributed by atoms with Gasteiger partial charge in [0.1, 0.15) is 11.3 Å². The number of ketones is 1. The number of rotatable bonds is 8. The number of carbonyl (C=O) groups excluding carboxylic acids is 2. The number of methoxy groups -OCH3 is 1. The van der Waals surface area contributed by atoms with Crippen LogP contribution in [0.2, 0.25) is 0 Å². The lowest BCUT2D eigenvalue weighted by molar-refractivity contribution is -0.121. The topological polar surface area (TPSA) is 103 Å². The summed E-state index contributed by atoms with van der Waals surface area (Å²) in [6, 6.07) is 13.7. The van der Waals surface area contributed by atoms with Gasteiger partial charge in [0, 0.05) is 18.5 Å². The van der Waals surface area contributed by atoms with Crippen molar-refractivity contribution in [1.29, 1.82) is 0 Å². The molecule has 0 saturated heterocycles. The Balaban J connectivity index is 1.47. The maximum absolute atomic E-state index is 12.3. The first-order chi connectivity index (χ1) is 13.6. The molecule has 0 radical (unpaired) electrons. The van der Waals surface area contributed by atoms with E-state index in [4.69, 9.17) is 4.74 Å². The fourth-order valence-corrected chi connectivity index (χ4v) is 2.71. The Morgan fingerprint density at radius 3 is 2.61 bits per heavy atom. The standard InChI is InChI=1S/C20H20N4O4/c1-28-15-10-8-14(9-11-15)18(25)13-21-19(26)7-4-12-24-20(27)16-5-2-3-6-17(16)22-23-24/h2-3,5-6,8-11H,4,7,12-13H2,1H3,(H,21,26). The summed E-state index contributed by atoms with van der Waals surface area (Å²) in [5.74, 6) is 0.212. The molecule has 1 N–H and O–H groups in total. The molecule has 0 aliphatic carbocycles. The highest BCUT2D eigenvalue weighted by molar-refractivity contribution is 5.99. The predicted molar refractivity (Wildman–Crippen MR) is 103 cm³/mol. The van der Waals surface area contributed by atoms with E-state index in [1.807, 2.05) is 0 Å². The van der Waals surface area contributed by atoms with Gasteiger partial charge in [-0.2, -0.15) is 0 Å². The lowest BCUT2D eigenvalue weighted by Crippen LogP contribution is -2.30. The average Bonchev–Trinajstić information content (AvgIpc) is 2.74. The molecule has 1 aromatic heterocycles. The Bertz CT molecular complexity index is 1040. The second-order valence-corrected chi connectivity index (χ2v) is 6.17. The zero-order chi connectivity index (χ0) is 19.9. The van der Waals surface area contributed by atoms with Crippen LogP contribution in [0.4, 0.5) is 0 Å². The van der Waals surface area contributed by atoms with Crippen LogP contribution >= 0.6 is 0 Å². The van der Waals surface area contributed by atoms with Gasteiger partial charge in [-0.05, 0) is 42.8 Å². The molecule has 0 saturated carbocycles. The van der Waals surface area contributed by atoms with Gasteiger partial charge in [-0.1, -0.05) is 17.3 Å². The number of nitrogens with zero attached hydrogens (tertiary/aromatic N) is 3. The van der Waals surface area contributed by atoms with Crippen molar-refractivity contribution in [3.8, 4) is 5.75 Å². The molecule has 0 bridgehead atoms. The molecule has 0 atom stereocenters. The van der Waals surface area contributed by atoms with Gasteiger partial charge in [0.05, 0.1) is 19.0 Å². The van der Waals surface area contributed by atoms with Gasteiger partial charge in [-0.15, -0.1) is 5.10 Å². The van der Waals surface area contributed by atoms with Gasteiger partial charge < -0.3 is 10.1 Å². The zero-order valence-electron chi connectivity index (χ0n) is 15.4. The molecule has 1 heterocycles. The van der Waals surface area contributed by atoms with Crippen LogP contribution in [0.15, 0.2) is 53.3 Å². The van der Waals surface area contributed by atoms with E-state index >= 15 is 0 Å². The lowest BCUT2D eigenvalue weighted by Gasteiger charge is -2.07. The van der Waals surface area contributed by atoms with Gasteiger partial charge >= 0.3 is 0 Å². The largest absolute Gasteiger partial charge is 0.497 e. The predicted octanol–water partition coefficient (Wildman–Crippen LogP) is 1.58. The Labute approximate surface area is 161 Å². The number of benzene rings is 2. The molecular weight excluding hydrogens is 360 g/mol. The molecule has 2 aromatic carbocycles. The molecule has 28 heavy (non-hydrogen) atoms. The number of hydrogen-bond acceptors (Lipinski definition) is 6. The van der Waals surface area contributed by atoms with Crippen LogP contribution < -0.4 is 15.6 Å². The second kappa shape index (κ2) is 8.90. The third-order valence-electron chi connectivity index (χ3n) is 4.26. The first-order valence-corrected chi connectivity index (χ1v) is 8.85. The van der Waals surface area contributed by atoms with Crippen LogP contribution in [0, 0.1) is 0 Å². The SMILES string of the molecule is COc1ccc(C(=O)CNC(=O)CCCn2nnc3ccccc3c2=O)cc1. The fourth-order valence-electron chi connectivity index (χ4n) is 2.71. The molecule has 0 unspecified atom stereocenters. The first-order valence-electron chi connectivity index (χ1n) is 8.85. The Morgan fingerprint density at radius 2 is 1.86 bits per heavy atom. The minimum atomic E-state index is -0.261. The van der Waals surface area contributed by atoms with Crippen molar-refractivity contribution >= 4 is 22.6 Å². The van der Waals surface area contributed by atoms with Crippen molar-refractivity contribution < 1.29 is 14.3 Å². The van der Waals surface area contributed by atoms with Gasteiger partial charge in [0.2, 0.25) is 5.91 Å². The molecule has 3 rings (SSSR count). The van der Waals surface area contributed by atoms with E-state index in [1.54, 1.807) is 55.6 Å². The van der Waals surface area contributed by atoms with Crippen LogP contribution in [-0.2, 0) is 11.3 Å². The van der Waals surface area contributed by atoms with Crippen molar-refractivity contribution in [3.63, 3.8) is 0 Å². The van der Waals surface area contributed by atoms with E-state index in [1.165, 1.54) is 4.68 Å². The van der Waals surface area contributed by atoms with Crippen LogP contribution in [0.25, 0.3) is 10.9 Å². The number of aromatic nitrogens is 3.